The van der Waals surface area contributed by atoms with Crippen molar-refractivity contribution < 1.29 is 18.7 Å². The highest BCUT2D eigenvalue weighted by atomic mass is 28.4. The number of rotatable bonds is 3. The summed E-state index contributed by atoms with van der Waals surface area (Å²) in [5.41, 5.74) is 0. The molecule has 4 nitrogen and oxygen atoms in total. The number of carbonyl (C=O) groups excluding carboxylic acids is 1. The molecule has 0 saturated heterocycles. The van der Waals surface area contributed by atoms with Crippen molar-refractivity contribution in [3.05, 3.63) is 11.8 Å². The molecular formula is C13H24O4Si. The molecule has 104 valence electrons. The third-order valence-corrected chi connectivity index (χ3v) is 7.99. The van der Waals surface area contributed by atoms with E-state index in [2.05, 4.69) is 33.9 Å². The van der Waals surface area contributed by atoms with Crippen LogP contribution >= 0.6 is 0 Å². The van der Waals surface area contributed by atoms with Gasteiger partial charge < -0.3 is 13.9 Å². The lowest BCUT2D eigenvalue weighted by Gasteiger charge is -2.40. The molecule has 1 heterocycles. The van der Waals surface area contributed by atoms with Crippen LogP contribution in [0.1, 0.15) is 34.6 Å². The first-order valence-electron chi connectivity index (χ1n) is 6.19. The van der Waals surface area contributed by atoms with E-state index in [0.29, 0.717) is 5.76 Å². The highest BCUT2D eigenvalue weighted by Crippen LogP contribution is 2.37. The second-order valence-electron chi connectivity index (χ2n) is 6.46. The van der Waals surface area contributed by atoms with E-state index in [1.165, 1.54) is 6.08 Å². The van der Waals surface area contributed by atoms with Gasteiger partial charge in [0.05, 0.1) is 6.08 Å². The number of carbonyl (C=O) groups is 1. The number of allylic oxidation sites excluding steroid dienone is 1. The third-order valence-electron chi connectivity index (χ3n) is 3.52. The Morgan fingerprint density at radius 2 is 1.89 bits per heavy atom. The molecule has 1 atom stereocenters. The lowest BCUT2D eigenvalue weighted by atomic mass is 10.2. The molecule has 0 aromatic heterocycles. The van der Waals surface area contributed by atoms with Gasteiger partial charge in [-0.2, -0.15) is 0 Å². The van der Waals surface area contributed by atoms with Crippen LogP contribution in [0.5, 0.6) is 0 Å². The highest BCUT2D eigenvalue weighted by molar-refractivity contribution is 6.74. The van der Waals surface area contributed by atoms with Gasteiger partial charge in [-0.05, 0) is 25.1 Å². The molecule has 1 unspecified atom stereocenters. The Morgan fingerprint density at radius 3 is 2.33 bits per heavy atom. The molecule has 0 aromatic rings. The van der Waals surface area contributed by atoms with Crippen molar-refractivity contribution in [2.24, 2.45) is 0 Å². The first kappa shape index (κ1) is 15.2. The van der Waals surface area contributed by atoms with Gasteiger partial charge in [0.25, 0.3) is 5.79 Å². The molecule has 0 aromatic carbocycles. The second-order valence-corrected chi connectivity index (χ2v) is 11.3. The number of hydrogen-bond acceptors (Lipinski definition) is 4. The lowest BCUT2D eigenvalue weighted by Crippen LogP contribution is -2.48. The predicted molar refractivity (Wildman–Crippen MR) is 72.5 cm³/mol. The smallest absolute Gasteiger partial charge is 0.337 e. The Bertz CT molecular complexity index is 368. The molecule has 1 aliphatic rings. The van der Waals surface area contributed by atoms with Gasteiger partial charge in [-0.25, -0.2) is 4.79 Å². The maximum atomic E-state index is 11.4. The first-order chi connectivity index (χ1) is 7.95. The maximum absolute atomic E-state index is 11.4. The normalized spacial score (nSPS) is 25.3. The minimum atomic E-state index is -1.87. The summed E-state index contributed by atoms with van der Waals surface area (Å²) in [7, 11) is -1.87. The van der Waals surface area contributed by atoms with Gasteiger partial charge in [0.2, 0.25) is 0 Å². The van der Waals surface area contributed by atoms with Crippen molar-refractivity contribution in [1.82, 2.24) is 0 Å². The SMILES string of the molecule is CC1=CC(=O)OC(C)(CO[Si](C)(C)C(C)(C)C)O1. The van der Waals surface area contributed by atoms with Crippen LogP contribution in [-0.2, 0) is 18.7 Å². The van der Waals surface area contributed by atoms with Gasteiger partial charge in [0, 0.05) is 6.92 Å². The van der Waals surface area contributed by atoms with Crippen LogP contribution in [0.4, 0.5) is 0 Å². The van der Waals surface area contributed by atoms with E-state index in [9.17, 15) is 4.79 Å². The summed E-state index contributed by atoms with van der Waals surface area (Å²) in [6, 6.07) is 0. The molecule has 1 rings (SSSR count). The fourth-order valence-electron chi connectivity index (χ4n) is 1.39. The zero-order chi connectivity index (χ0) is 14.2. The lowest BCUT2D eigenvalue weighted by molar-refractivity contribution is -0.223. The van der Waals surface area contributed by atoms with E-state index in [4.69, 9.17) is 13.9 Å². The summed E-state index contributed by atoms with van der Waals surface area (Å²) >= 11 is 0. The Kier molecular flexibility index (Phi) is 3.98. The van der Waals surface area contributed by atoms with Gasteiger partial charge in [-0.15, -0.1) is 0 Å². The molecule has 0 saturated carbocycles. The van der Waals surface area contributed by atoms with Gasteiger partial charge in [-0.1, -0.05) is 20.8 Å². The Labute approximate surface area is 110 Å². The number of hydrogen-bond donors (Lipinski definition) is 0. The van der Waals surface area contributed by atoms with Crippen LogP contribution in [-0.4, -0.2) is 26.7 Å². The number of cyclic esters (lactones) is 1. The van der Waals surface area contributed by atoms with E-state index in [1.807, 2.05) is 0 Å². The minimum absolute atomic E-state index is 0.118. The quantitative estimate of drug-likeness (QED) is 0.584. The van der Waals surface area contributed by atoms with Crippen molar-refractivity contribution in [2.75, 3.05) is 6.61 Å². The van der Waals surface area contributed by atoms with Crippen LogP contribution in [0.2, 0.25) is 18.1 Å². The van der Waals surface area contributed by atoms with Gasteiger partial charge in [0.15, 0.2) is 8.32 Å². The van der Waals surface area contributed by atoms with Crippen molar-refractivity contribution in [2.45, 2.75) is 58.5 Å². The van der Waals surface area contributed by atoms with E-state index in [1.54, 1.807) is 13.8 Å². The molecule has 0 amide bonds. The van der Waals surface area contributed by atoms with Crippen molar-refractivity contribution in [3.63, 3.8) is 0 Å². The Balaban J connectivity index is 2.69. The predicted octanol–water partition coefficient (Wildman–Crippen LogP) is 3.20. The Morgan fingerprint density at radius 1 is 1.33 bits per heavy atom. The fraction of sp³-hybridized carbons (Fsp3) is 0.769. The van der Waals surface area contributed by atoms with Crippen LogP contribution < -0.4 is 0 Å². The fourth-order valence-corrected chi connectivity index (χ4v) is 2.44. The van der Waals surface area contributed by atoms with Crippen LogP contribution in [0.25, 0.3) is 0 Å². The molecule has 18 heavy (non-hydrogen) atoms. The van der Waals surface area contributed by atoms with Crippen molar-refractivity contribution in [1.29, 1.82) is 0 Å². The molecule has 0 fully saturated rings. The van der Waals surface area contributed by atoms with Crippen LogP contribution in [0, 0.1) is 0 Å². The monoisotopic (exact) mass is 272 g/mol. The molecule has 0 spiro atoms. The van der Waals surface area contributed by atoms with Crippen molar-refractivity contribution in [3.8, 4) is 0 Å². The molecule has 5 heteroatoms. The third kappa shape index (κ3) is 3.59. The first-order valence-corrected chi connectivity index (χ1v) is 9.10. The molecule has 0 N–H and O–H groups in total. The molecule has 0 aliphatic carbocycles. The van der Waals surface area contributed by atoms with E-state index in [-0.39, 0.29) is 17.6 Å². The minimum Gasteiger partial charge on any atom is -0.455 e. The maximum Gasteiger partial charge on any atom is 0.337 e. The zero-order valence-corrected chi connectivity index (χ0v) is 13.4. The largest absolute Gasteiger partial charge is 0.455 e. The van der Waals surface area contributed by atoms with Gasteiger partial charge in [-0.3, -0.25) is 0 Å². The molecule has 0 bridgehead atoms. The second kappa shape index (κ2) is 4.70. The summed E-state index contributed by atoms with van der Waals surface area (Å²) < 4.78 is 16.8. The summed E-state index contributed by atoms with van der Waals surface area (Å²) in [5, 5.41) is 0.118. The topological polar surface area (TPSA) is 44.8 Å². The summed E-state index contributed by atoms with van der Waals surface area (Å²) in [5.74, 6) is -0.821. The molecule has 0 radical (unpaired) electrons. The van der Waals surface area contributed by atoms with E-state index in [0.717, 1.165) is 0 Å². The average molecular weight is 272 g/mol. The van der Waals surface area contributed by atoms with Gasteiger partial charge >= 0.3 is 5.97 Å². The van der Waals surface area contributed by atoms with Crippen LogP contribution in [0.3, 0.4) is 0 Å². The molecule has 1 aliphatic heterocycles. The summed E-state index contributed by atoms with van der Waals surface area (Å²) in [6.07, 6.45) is 1.34. The average Bonchev–Trinajstić information content (AvgIpc) is 2.11. The van der Waals surface area contributed by atoms with Gasteiger partial charge in [0.1, 0.15) is 12.4 Å². The number of ether oxygens (including phenoxy) is 2. The highest BCUT2D eigenvalue weighted by Gasteiger charge is 2.42. The summed E-state index contributed by atoms with van der Waals surface area (Å²) in [6.45, 7) is 14.6. The summed E-state index contributed by atoms with van der Waals surface area (Å²) in [4.78, 5) is 11.4. The Hall–Kier alpha value is -0.813. The standard InChI is InChI=1S/C13H24O4Si/c1-10-8-11(14)17-13(5,16-10)9-15-18(6,7)12(2,3)4/h8H,9H2,1-7H3. The van der Waals surface area contributed by atoms with E-state index >= 15 is 0 Å². The van der Waals surface area contributed by atoms with Crippen LogP contribution in [0.15, 0.2) is 11.8 Å². The zero-order valence-electron chi connectivity index (χ0n) is 12.4. The van der Waals surface area contributed by atoms with E-state index < -0.39 is 14.1 Å². The van der Waals surface area contributed by atoms with Crippen molar-refractivity contribution >= 4 is 14.3 Å². The number of esters is 1. The molecular weight excluding hydrogens is 248 g/mol.